The molecule has 0 spiro atoms. The Bertz CT molecular complexity index is 1070. The fourth-order valence-corrected chi connectivity index (χ4v) is 3.59. The van der Waals surface area contributed by atoms with E-state index >= 15 is 0 Å². The predicted molar refractivity (Wildman–Crippen MR) is 108 cm³/mol. The number of amides is 2. The predicted octanol–water partition coefficient (Wildman–Crippen LogP) is 3.02. The SMILES string of the molecule is O=C(Nc1ccccc1)C1CCN(C(=O)c2cc3ccccc3[nH]c2=O)CC1. The number of nitrogens with zero attached hydrogens (tertiary/aromatic N) is 1. The van der Waals surface area contributed by atoms with E-state index in [1.54, 1.807) is 11.0 Å². The molecular formula is C22H21N3O3. The van der Waals surface area contributed by atoms with Crippen molar-refractivity contribution in [1.29, 1.82) is 0 Å². The molecule has 0 saturated carbocycles. The first-order chi connectivity index (χ1) is 13.6. The van der Waals surface area contributed by atoms with E-state index in [0.717, 1.165) is 11.1 Å². The molecule has 1 fully saturated rings. The van der Waals surface area contributed by atoms with Crippen LogP contribution < -0.4 is 10.9 Å². The number of rotatable bonds is 3. The molecule has 28 heavy (non-hydrogen) atoms. The van der Waals surface area contributed by atoms with Crippen molar-refractivity contribution in [2.45, 2.75) is 12.8 Å². The van der Waals surface area contributed by atoms with Crippen molar-refractivity contribution in [2.75, 3.05) is 18.4 Å². The summed E-state index contributed by atoms with van der Waals surface area (Å²) < 4.78 is 0. The van der Waals surface area contributed by atoms with Gasteiger partial charge in [-0.2, -0.15) is 0 Å². The number of piperidine rings is 1. The molecule has 142 valence electrons. The second-order valence-corrected chi connectivity index (χ2v) is 7.02. The van der Waals surface area contributed by atoms with Crippen LogP contribution in [0.3, 0.4) is 0 Å². The summed E-state index contributed by atoms with van der Waals surface area (Å²) in [6, 6.07) is 18.4. The Morgan fingerprint density at radius 2 is 1.64 bits per heavy atom. The molecule has 1 aromatic heterocycles. The smallest absolute Gasteiger partial charge is 0.261 e. The number of likely N-dealkylation sites (tertiary alicyclic amines) is 1. The number of nitrogens with one attached hydrogen (secondary N) is 2. The fourth-order valence-electron chi connectivity index (χ4n) is 3.59. The van der Waals surface area contributed by atoms with E-state index in [0.29, 0.717) is 31.4 Å². The third-order valence-electron chi connectivity index (χ3n) is 5.18. The largest absolute Gasteiger partial charge is 0.338 e. The molecular weight excluding hydrogens is 354 g/mol. The van der Waals surface area contributed by atoms with Gasteiger partial charge in [0.15, 0.2) is 0 Å². The highest BCUT2D eigenvalue weighted by Gasteiger charge is 2.29. The zero-order valence-electron chi connectivity index (χ0n) is 15.4. The van der Waals surface area contributed by atoms with Gasteiger partial charge in [-0.05, 0) is 42.5 Å². The van der Waals surface area contributed by atoms with Crippen LogP contribution in [0.5, 0.6) is 0 Å². The van der Waals surface area contributed by atoms with Gasteiger partial charge in [-0.25, -0.2) is 0 Å². The lowest BCUT2D eigenvalue weighted by molar-refractivity contribution is -0.121. The van der Waals surface area contributed by atoms with Gasteiger partial charge in [-0.15, -0.1) is 0 Å². The van der Waals surface area contributed by atoms with E-state index in [9.17, 15) is 14.4 Å². The highest BCUT2D eigenvalue weighted by molar-refractivity contribution is 5.97. The molecule has 4 rings (SSSR count). The number of anilines is 1. The summed E-state index contributed by atoms with van der Waals surface area (Å²) in [4.78, 5) is 42.0. The van der Waals surface area contributed by atoms with Crippen LogP contribution in [0.25, 0.3) is 10.9 Å². The molecule has 1 aliphatic rings. The Hall–Kier alpha value is -3.41. The number of carbonyl (C=O) groups excluding carboxylic acids is 2. The van der Waals surface area contributed by atoms with Gasteiger partial charge in [0, 0.05) is 30.2 Å². The molecule has 2 amide bonds. The van der Waals surface area contributed by atoms with Crippen molar-refractivity contribution in [2.24, 2.45) is 5.92 Å². The third kappa shape index (κ3) is 3.67. The van der Waals surface area contributed by atoms with Gasteiger partial charge in [-0.3, -0.25) is 14.4 Å². The Morgan fingerprint density at radius 1 is 0.964 bits per heavy atom. The molecule has 0 atom stereocenters. The second-order valence-electron chi connectivity index (χ2n) is 7.02. The normalized spacial score (nSPS) is 14.8. The molecule has 0 unspecified atom stereocenters. The standard InChI is InChI=1S/C22H21N3O3/c26-20(23-17-7-2-1-3-8-17)15-10-12-25(13-11-15)22(28)18-14-16-6-4-5-9-19(16)24-21(18)27/h1-9,14-15H,10-13H2,(H,23,26)(H,24,27). The second kappa shape index (κ2) is 7.68. The molecule has 3 aromatic rings. The molecule has 0 aliphatic carbocycles. The summed E-state index contributed by atoms with van der Waals surface area (Å²) in [6.07, 6.45) is 1.16. The van der Waals surface area contributed by atoms with Crippen LogP contribution in [0.1, 0.15) is 23.2 Å². The van der Waals surface area contributed by atoms with Gasteiger partial charge >= 0.3 is 0 Å². The zero-order valence-corrected chi connectivity index (χ0v) is 15.4. The molecule has 1 saturated heterocycles. The van der Waals surface area contributed by atoms with E-state index in [-0.39, 0.29) is 28.9 Å². The minimum Gasteiger partial charge on any atom is -0.338 e. The minimum absolute atomic E-state index is 0.0261. The zero-order chi connectivity index (χ0) is 19.5. The van der Waals surface area contributed by atoms with Crippen LogP contribution in [0.4, 0.5) is 5.69 Å². The van der Waals surface area contributed by atoms with E-state index in [1.165, 1.54) is 0 Å². The number of para-hydroxylation sites is 2. The number of aromatic amines is 1. The van der Waals surface area contributed by atoms with Crippen LogP contribution in [0, 0.1) is 5.92 Å². The summed E-state index contributed by atoms with van der Waals surface area (Å²) in [7, 11) is 0. The molecule has 6 heteroatoms. The van der Waals surface area contributed by atoms with Crippen molar-refractivity contribution in [3.05, 3.63) is 76.6 Å². The first-order valence-corrected chi connectivity index (χ1v) is 9.39. The van der Waals surface area contributed by atoms with E-state index in [2.05, 4.69) is 10.3 Å². The summed E-state index contributed by atoms with van der Waals surface area (Å²) in [5.41, 5.74) is 1.24. The average Bonchev–Trinajstić information content (AvgIpc) is 2.73. The van der Waals surface area contributed by atoms with Crippen molar-refractivity contribution >= 4 is 28.4 Å². The van der Waals surface area contributed by atoms with Crippen LogP contribution >= 0.6 is 0 Å². The molecule has 2 aromatic carbocycles. The number of pyridine rings is 1. The van der Waals surface area contributed by atoms with Gasteiger partial charge in [0.1, 0.15) is 5.56 Å². The lowest BCUT2D eigenvalue weighted by atomic mass is 9.95. The average molecular weight is 375 g/mol. The lowest BCUT2D eigenvalue weighted by Crippen LogP contribution is -2.43. The number of hydrogen-bond donors (Lipinski definition) is 2. The minimum atomic E-state index is -0.382. The van der Waals surface area contributed by atoms with Gasteiger partial charge in [0.2, 0.25) is 5.91 Å². The summed E-state index contributed by atoms with van der Waals surface area (Å²) in [5, 5.41) is 3.74. The highest BCUT2D eigenvalue weighted by Crippen LogP contribution is 2.21. The van der Waals surface area contributed by atoms with Crippen molar-refractivity contribution in [3.63, 3.8) is 0 Å². The van der Waals surface area contributed by atoms with Crippen LogP contribution in [-0.4, -0.2) is 34.8 Å². The Balaban J connectivity index is 1.42. The van der Waals surface area contributed by atoms with Gasteiger partial charge < -0.3 is 15.2 Å². The highest BCUT2D eigenvalue weighted by atomic mass is 16.2. The maximum absolute atomic E-state index is 12.8. The summed E-state index contributed by atoms with van der Waals surface area (Å²) >= 11 is 0. The molecule has 2 N–H and O–H groups in total. The van der Waals surface area contributed by atoms with Gasteiger partial charge in [0.25, 0.3) is 11.5 Å². The molecule has 2 heterocycles. The Kier molecular flexibility index (Phi) is 4.93. The molecule has 0 bridgehead atoms. The van der Waals surface area contributed by atoms with E-state index in [1.807, 2.05) is 54.6 Å². The Morgan fingerprint density at radius 3 is 2.39 bits per heavy atom. The number of hydrogen-bond acceptors (Lipinski definition) is 3. The maximum atomic E-state index is 12.8. The van der Waals surface area contributed by atoms with Crippen molar-refractivity contribution in [3.8, 4) is 0 Å². The number of carbonyl (C=O) groups is 2. The Labute approximate surface area is 162 Å². The fraction of sp³-hybridized carbons (Fsp3) is 0.227. The first-order valence-electron chi connectivity index (χ1n) is 9.39. The van der Waals surface area contributed by atoms with Crippen LogP contribution in [-0.2, 0) is 4.79 Å². The van der Waals surface area contributed by atoms with E-state index in [4.69, 9.17) is 0 Å². The lowest BCUT2D eigenvalue weighted by Gasteiger charge is -2.31. The van der Waals surface area contributed by atoms with Crippen molar-refractivity contribution in [1.82, 2.24) is 9.88 Å². The summed E-state index contributed by atoms with van der Waals surface area (Å²) in [6.45, 7) is 0.913. The topological polar surface area (TPSA) is 82.3 Å². The first kappa shape index (κ1) is 18.0. The quantitative estimate of drug-likeness (QED) is 0.738. The molecule has 0 radical (unpaired) electrons. The third-order valence-corrected chi connectivity index (χ3v) is 5.18. The maximum Gasteiger partial charge on any atom is 0.261 e. The van der Waals surface area contributed by atoms with Crippen LogP contribution in [0.2, 0.25) is 0 Å². The monoisotopic (exact) mass is 375 g/mol. The van der Waals surface area contributed by atoms with Crippen LogP contribution in [0.15, 0.2) is 65.5 Å². The van der Waals surface area contributed by atoms with Gasteiger partial charge in [0.05, 0.1) is 0 Å². The number of fused-ring (bicyclic) bond motifs is 1. The van der Waals surface area contributed by atoms with Crippen molar-refractivity contribution < 1.29 is 9.59 Å². The molecule has 6 nitrogen and oxygen atoms in total. The molecule has 1 aliphatic heterocycles. The number of aromatic nitrogens is 1. The number of benzene rings is 2. The summed E-state index contributed by atoms with van der Waals surface area (Å²) in [5.74, 6) is -0.449. The van der Waals surface area contributed by atoms with Gasteiger partial charge in [-0.1, -0.05) is 36.4 Å². The van der Waals surface area contributed by atoms with E-state index < -0.39 is 0 Å². The number of H-pyrrole nitrogens is 1.